The summed E-state index contributed by atoms with van der Waals surface area (Å²) >= 11 is 0. The summed E-state index contributed by atoms with van der Waals surface area (Å²) in [6.45, 7) is 2.51. The number of fused-ring (bicyclic) bond motifs is 1. The monoisotopic (exact) mass is 354 g/mol. The van der Waals surface area contributed by atoms with Crippen LogP contribution in [0.15, 0.2) is 43.0 Å². The number of piperidine rings is 1. The van der Waals surface area contributed by atoms with Crippen LogP contribution in [0.3, 0.4) is 0 Å². The fourth-order valence-corrected chi connectivity index (χ4v) is 3.90. The van der Waals surface area contributed by atoms with Crippen molar-refractivity contribution in [1.82, 2.24) is 19.9 Å². The van der Waals surface area contributed by atoms with Crippen LogP contribution in [0.25, 0.3) is 0 Å². The van der Waals surface area contributed by atoms with Crippen molar-refractivity contribution in [2.24, 2.45) is 5.41 Å². The summed E-state index contributed by atoms with van der Waals surface area (Å²) in [5, 5.41) is 0. The molecule has 0 spiro atoms. The molecule has 2 fully saturated rings. The Kier molecular flexibility index (Phi) is 4.79. The van der Waals surface area contributed by atoms with E-state index in [4.69, 9.17) is 9.47 Å². The van der Waals surface area contributed by atoms with Crippen molar-refractivity contribution >= 4 is 5.91 Å². The van der Waals surface area contributed by atoms with E-state index in [1.54, 1.807) is 18.6 Å². The summed E-state index contributed by atoms with van der Waals surface area (Å²) in [5.74, 6) is 0.517. The molecule has 2 aliphatic heterocycles. The number of rotatable bonds is 4. The van der Waals surface area contributed by atoms with E-state index < -0.39 is 0 Å². The number of carbonyl (C=O) groups is 1. The number of ether oxygens (including phenoxy) is 2. The van der Waals surface area contributed by atoms with Crippen LogP contribution in [-0.2, 0) is 4.74 Å². The fraction of sp³-hybridized carbons (Fsp3) is 0.474. The summed E-state index contributed by atoms with van der Waals surface area (Å²) in [6, 6.07) is 5.61. The minimum absolute atomic E-state index is 0.0839. The lowest BCUT2D eigenvalue weighted by atomic mass is 9.73. The number of likely N-dealkylation sites (tertiary alicyclic amines) is 1. The van der Waals surface area contributed by atoms with Crippen LogP contribution in [0.5, 0.6) is 5.88 Å². The molecule has 4 rings (SSSR count). The molecule has 1 amide bonds. The highest BCUT2D eigenvalue weighted by molar-refractivity contribution is 5.92. The van der Waals surface area contributed by atoms with Gasteiger partial charge in [0.15, 0.2) is 0 Å². The predicted molar refractivity (Wildman–Crippen MR) is 93.7 cm³/mol. The number of hydrogen-bond acceptors (Lipinski definition) is 6. The van der Waals surface area contributed by atoms with Gasteiger partial charge in [0.25, 0.3) is 5.91 Å². The highest BCUT2D eigenvalue weighted by Gasteiger charge is 2.48. The third-order valence-corrected chi connectivity index (χ3v) is 5.20. The van der Waals surface area contributed by atoms with Gasteiger partial charge in [-0.05, 0) is 25.3 Å². The van der Waals surface area contributed by atoms with E-state index in [0.717, 1.165) is 25.9 Å². The molecule has 7 nitrogen and oxygen atoms in total. The summed E-state index contributed by atoms with van der Waals surface area (Å²) in [6.07, 6.45) is 9.19. The molecule has 2 atom stereocenters. The Labute approximate surface area is 152 Å². The summed E-state index contributed by atoms with van der Waals surface area (Å²) in [5.41, 5.74) is 0.162. The van der Waals surface area contributed by atoms with Gasteiger partial charge in [0.2, 0.25) is 5.88 Å². The van der Waals surface area contributed by atoms with Gasteiger partial charge >= 0.3 is 0 Å². The molecule has 0 aromatic carbocycles. The predicted octanol–water partition coefficient (Wildman–Crippen LogP) is 1.96. The number of carbonyl (C=O) groups excluding carboxylic acids is 1. The highest BCUT2D eigenvalue weighted by atomic mass is 16.5. The molecule has 0 radical (unpaired) electrons. The number of pyridine rings is 1. The molecule has 0 saturated carbocycles. The molecule has 26 heavy (non-hydrogen) atoms. The van der Waals surface area contributed by atoms with Crippen molar-refractivity contribution in [3.8, 4) is 5.88 Å². The van der Waals surface area contributed by atoms with Crippen LogP contribution in [0.4, 0.5) is 0 Å². The maximum Gasteiger partial charge on any atom is 0.274 e. The van der Waals surface area contributed by atoms with Gasteiger partial charge in [-0.15, -0.1) is 0 Å². The van der Waals surface area contributed by atoms with Gasteiger partial charge in [-0.1, -0.05) is 6.07 Å². The van der Waals surface area contributed by atoms with Crippen LogP contribution in [-0.4, -0.2) is 58.2 Å². The molecular weight excluding hydrogens is 332 g/mol. The second-order valence-corrected chi connectivity index (χ2v) is 6.89. The van der Waals surface area contributed by atoms with Crippen LogP contribution in [0, 0.1) is 5.41 Å². The van der Waals surface area contributed by atoms with Crippen molar-refractivity contribution in [1.29, 1.82) is 0 Å². The Bertz CT molecular complexity index is 743. The van der Waals surface area contributed by atoms with Crippen LogP contribution in [0.2, 0.25) is 0 Å². The first-order valence-corrected chi connectivity index (χ1v) is 8.98. The molecule has 2 aliphatic rings. The zero-order chi connectivity index (χ0) is 17.8. The molecule has 4 heterocycles. The molecule has 7 heteroatoms. The molecule has 136 valence electrons. The number of amides is 1. The minimum atomic E-state index is -0.216. The minimum Gasteiger partial charge on any atom is -0.477 e. The van der Waals surface area contributed by atoms with Crippen molar-refractivity contribution < 1.29 is 14.3 Å². The Morgan fingerprint density at radius 1 is 1.31 bits per heavy atom. The molecule has 2 unspecified atom stereocenters. The molecule has 0 aliphatic carbocycles. The average Bonchev–Trinajstić information content (AvgIpc) is 2.73. The van der Waals surface area contributed by atoms with E-state index in [2.05, 4.69) is 15.0 Å². The highest BCUT2D eigenvalue weighted by Crippen LogP contribution is 2.40. The van der Waals surface area contributed by atoms with Crippen molar-refractivity contribution in [2.45, 2.75) is 25.4 Å². The van der Waals surface area contributed by atoms with E-state index in [0.29, 0.717) is 31.3 Å². The van der Waals surface area contributed by atoms with Gasteiger partial charge < -0.3 is 14.4 Å². The molecule has 2 saturated heterocycles. The molecule has 2 aromatic rings. The first kappa shape index (κ1) is 16.9. The fourth-order valence-electron chi connectivity index (χ4n) is 3.90. The van der Waals surface area contributed by atoms with Crippen molar-refractivity contribution in [2.75, 3.05) is 26.3 Å². The molecule has 0 bridgehead atoms. The first-order chi connectivity index (χ1) is 12.8. The van der Waals surface area contributed by atoms with Gasteiger partial charge in [-0.3, -0.25) is 9.78 Å². The Morgan fingerprint density at radius 3 is 3.08 bits per heavy atom. The lowest BCUT2D eigenvalue weighted by Crippen LogP contribution is -2.58. The summed E-state index contributed by atoms with van der Waals surface area (Å²) in [7, 11) is 0. The quantitative estimate of drug-likeness (QED) is 0.835. The second kappa shape index (κ2) is 7.37. The Balaban J connectivity index is 1.52. The zero-order valence-corrected chi connectivity index (χ0v) is 14.6. The lowest BCUT2D eigenvalue weighted by Gasteiger charge is -2.49. The van der Waals surface area contributed by atoms with Crippen molar-refractivity contribution in [3.05, 3.63) is 48.7 Å². The maximum absolute atomic E-state index is 12.8. The number of aromatic nitrogens is 3. The van der Waals surface area contributed by atoms with Gasteiger partial charge in [-0.25, -0.2) is 9.97 Å². The summed E-state index contributed by atoms with van der Waals surface area (Å²) in [4.78, 5) is 27.1. The van der Waals surface area contributed by atoms with Gasteiger partial charge in [0.1, 0.15) is 5.69 Å². The molecule has 0 N–H and O–H groups in total. The smallest absolute Gasteiger partial charge is 0.274 e. The maximum atomic E-state index is 12.8. The van der Waals surface area contributed by atoms with Gasteiger partial charge in [0, 0.05) is 49.8 Å². The third-order valence-electron chi connectivity index (χ3n) is 5.20. The van der Waals surface area contributed by atoms with E-state index in [9.17, 15) is 4.79 Å². The molecule has 2 aromatic heterocycles. The van der Waals surface area contributed by atoms with Gasteiger partial charge in [0.05, 0.1) is 18.9 Å². The lowest BCUT2D eigenvalue weighted by molar-refractivity contribution is -0.133. The Hall–Kier alpha value is -2.54. The normalized spacial score (nSPS) is 25.4. The molecular formula is C19H22N4O3. The number of hydrogen-bond donors (Lipinski definition) is 0. The third kappa shape index (κ3) is 3.39. The largest absolute Gasteiger partial charge is 0.477 e. The summed E-state index contributed by atoms with van der Waals surface area (Å²) < 4.78 is 12.0. The zero-order valence-electron chi connectivity index (χ0n) is 14.6. The van der Waals surface area contributed by atoms with E-state index in [1.807, 2.05) is 23.1 Å². The number of nitrogens with zero attached hydrogens (tertiary/aromatic N) is 4. The van der Waals surface area contributed by atoms with Crippen LogP contribution in [0.1, 0.15) is 29.8 Å². The van der Waals surface area contributed by atoms with Crippen molar-refractivity contribution in [3.63, 3.8) is 0 Å². The second-order valence-electron chi connectivity index (χ2n) is 6.89. The Morgan fingerprint density at radius 2 is 2.27 bits per heavy atom. The first-order valence-electron chi connectivity index (χ1n) is 8.98. The van der Waals surface area contributed by atoms with Crippen LogP contribution >= 0.6 is 0 Å². The average molecular weight is 354 g/mol. The topological polar surface area (TPSA) is 77.4 Å². The standard InChI is InChI=1S/C19H22N4O3/c24-18(15-12-20-8-9-21-15)23-10-5-16-19(13-23,6-3-11-25-16)14-26-17-4-1-2-7-22-17/h1-2,4,7-9,12,16H,3,5-6,10-11,13-14H2. The van der Waals surface area contributed by atoms with Crippen LogP contribution < -0.4 is 4.74 Å². The van der Waals surface area contributed by atoms with E-state index in [1.165, 1.54) is 6.20 Å². The van der Waals surface area contributed by atoms with E-state index >= 15 is 0 Å². The SMILES string of the molecule is O=C(c1cnccn1)N1CCC2OCCCC2(COc2ccccn2)C1. The van der Waals surface area contributed by atoms with E-state index in [-0.39, 0.29) is 17.4 Å². The van der Waals surface area contributed by atoms with Gasteiger partial charge in [-0.2, -0.15) is 0 Å².